The van der Waals surface area contributed by atoms with E-state index in [1.165, 1.54) is 0 Å². The summed E-state index contributed by atoms with van der Waals surface area (Å²) in [6.45, 7) is 4.34. The van der Waals surface area contributed by atoms with E-state index in [-0.39, 0.29) is 16.5 Å². The van der Waals surface area contributed by atoms with Crippen molar-refractivity contribution in [2.24, 2.45) is 0 Å². The van der Waals surface area contributed by atoms with Crippen LogP contribution in [-0.4, -0.2) is 22.2 Å². The van der Waals surface area contributed by atoms with Crippen LogP contribution in [0.1, 0.15) is 45.7 Å². The maximum atomic E-state index is 11.3. The highest BCUT2D eigenvalue weighted by Crippen LogP contribution is 2.42. The minimum absolute atomic E-state index is 0.255. The van der Waals surface area contributed by atoms with E-state index in [9.17, 15) is 19.8 Å². The lowest BCUT2D eigenvalue weighted by Crippen LogP contribution is -2.21. The Bertz CT molecular complexity index is 1210. The zero-order chi connectivity index (χ0) is 23.6. The van der Waals surface area contributed by atoms with Crippen molar-refractivity contribution in [3.05, 3.63) is 119 Å². The van der Waals surface area contributed by atoms with Crippen LogP contribution in [0.4, 0.5) is 0 Å². The molecule has 0 spiro atoms. The number of carboxylic acids is 2. The number of rotatable bonds is 6. The molecule has 4 rings (SSSR count). The summed E-state index contributed by atoms with van der Waals surface area (Å²) >= 11 is 0. The van der Waals surface area contributed by atoms with Crippen molar-refractivity contribution in [1.29, 1.82) is 0 Å². The minimum atomic E-state index is -0.946. The van der Waals surface area contributed by atoms with Crippen molar-refractivity contribution in [3.8, 4) is 22.3 Å². The van der Waals surface area contributed by atoms with Gasteiger partial charge in [0.1, 0.15) is 0 Å². The van der Waals surface area contributed by atoms with Crippen molar-refractivity contribution in [1.82, 2.24) is 0 Å². The van der Waals surface area contributed by atoms with Gasteiger partial charge in [-0.3, -0.25) is 0 Å². The highest BCUT2D eigenvalue weighted by molar-refractivity contribution is 5.89. The van der Waals surface area contributed by atoms with Gasteiger partial charge in [0.2, 0.25) is 0 Å². The van der Waals surface area contributed by atoms with Gasteiger partial charge in [-0.25, -0.2) is 9.59 Å². The number of aromatic carboxylic acids is 2. The van der Waals surface area contributed by atoms with Gasteiger partial charge in [0.05, 0.1) is 11.1 Å². The van der Waals surface area contributed by atoms with Crippen LogP contribution < -0.4 is 0 Å². The molecule has 0 radical (unpaired) electrons. The van der Waals surface area contributed by atoms with Crippen LogP contribution in [0.3, 0.4) is 0 Å². The van der Waals surface area contributed by atoms with Crippen LogP contribution in [0.15, 0.2) is 97.1 Å². The molecule has 0 aliphatic heterocycles. The van der Waals surface area contributed by atoms with Crippen molar-refractivity contribution in [2.45, 2.75) is 19.3 Å². The van der Waals surface area contributed by atoms with Crippen molar-refractivity contribution in [3.63, 3.8) is 0 Å². The molecule has 0 aliphatic carbocycles. The van der Waals surface area contributed by atoms with Gasteiger partial charge in [-0.05, 0) is 57.6 Å². The molecular formula is C29H24O4. The summed E-state index contributed by atoms with van der Waals surface area (Å²) in [5, 5.41) is 18.5. The highest BCUT2D eigenvalue weighted by atomic mass is 16.4. The summed E-state index contributed by atoms with van der Waals surface area (Å²) < 4.78 is 0. The molecule has 0 heterocycles. The lowest BCUT2D eigenvalue weighted by Gasteiger charge is -2.31. The van der Waals surface area contributed by atoms with Gasteiger partial charge >= 0.3 is 11.9 Å². The monoisotopic (exact) mass is 436 g/mol. The van der Waals surface area contributed by atoms with Crippen molar-refractivity contribution in [2.75, 3.05) is 0 Å². The second kappa shape index (κ2) is 8.75. The standard InChI is InChI=1S/C29H24O4/c1-29(2,25-9-5-3-7-23(25)19-11-15-21(16-12-19)27(30)31)26-10-6-4-8-24(26)20-13-17-22(18-14-20)28(32)33/h3-18H,1-2H3,(H,30,31)(H,32,33). The van der Waals surface area contributed by atoms with E-state index in [0.717, 1.165) is 33.4 Å². The number of benzene rings is 4. The summed E-state index contributed by atoms with van der Waals surface area (Å²) in [5.74, 6) is -1.89. The largest absolute Gasteiger partial charge is 0.478 e. The maximum Gasteiger partial charge on any atom is 0.335 e. The summed E-state index contributed by atoms with van der Waals surface area (Å²) in [6, 6.07) is 30.2. The summed E-state index contributed by atoms with van der Waals surface area (Å²) in [5.41, 5.74) is 6.33. The summed E-state index contributed by atoms with van der Waals surface area (Å²) in [6.07, 6.45) is 0. The molecular weight excluding hydrogens is 412 g/mol. The molecule has 0 saturated heterocycles. The van der Waals surface area contributed by atoms with Crippen LogP contribution in [0.25, 0.3) is 22.3 Å². The number of carbonyl (C=O) groups is 2. The van der Waals surface area contributed by atoms with E-state index < -0.39 is 11.9 Å². The van der Waals surface area contributed by atoms with Gasteiger partial charge < -0.3 is 10.2 Å². The van der Waals surface area contributed by atoms with Gasteiger partial charge in [0.25, 0.3) is 0 Å². The average Bonchev–Trinajstić information content (AvgIpc) is 2.84. The van der Waals surface area contributed by atoms with E-state index in [4.69, 9.17) is 0 Å². The zero-order valence-corrected chi connectivity index (χ0v) is 18.4. The molecule has 0 unspecified atom stereocenters. The SMILES string of the molecule is CC(C)(c1ccccc1-c1ccc(C(=O)O)cc1)c1ccccc1-c1ccc(C(=O)O)cc1. The van der Waals surface area contributed by atoms with Gasteiger partial charge in [-0.1, -0.05) is 86.6 Å². The summed E-state index contributed by atoms with van der Waals surface area (Å²) in [7, 11) is 0. The Balaban J connectivity index is 1.82. The van der Waals surface area contributed by atoms with Gasteiger partial charge in [-0.15, -0.1) is 0 Å². The van der Waals surface area contributed by atoms with E-state index >= 15 is 0 Å². The zero-order valence-electron chi connectivity index (χ0n) is 18.4. The third-order valence-corrected chi connectivity index (χ3v) is 6.09. The van der Waals surface area contributed by atoms with Crippen LogP contribution >= 0.6 is 0 Å². The summed E-state index contributed by atoms with van der Waals surface area (Å²) in [4.78, 5) is 22.5. The Kier molecular flexibility index (Phi) is 5.84. The van der Waals surface area contributed by atoms with Gasteiger partial charge in [-0.2, -0.15) is 0 Å². The van der Waals surface area contributed by atoms with E-state index in [1.54, 1.807) is 24.3 Å². The number of carboxylic acid groups (broad SMARTS) is 2. The molecule has 4 aromatic rings. The molecule has 4 aromatic carbocycles. The second-order valence-corrected chi connectivity index (χ2v) is 8.48. The molecule has 4 heteroatoms. The molecule has 0 saturated carbocycles. The van der Waals surface area contributed by atoms with Crippen LogP contribution in [0, 0.1) is 0 Å². The fraction of sp³-hybridized carbons (Fsp3) is 0.103. The molecule has 4 nitrogen and oxygen atoms in total. The predicted octanol–water partition coefficient (Wildman–Crippen LogP) is 6.74. The Morgan fingerprint density at radius 1 is 0.545 bits per heavy atom. The lowest BCUT2D eigenvalue weighted by atomic mass is 9.72. The Morgan fingerprint density at radius 3 is 1.21 bits per heavy atom. The van der Waals surface area contributed by atoms with Crippen LogP contribution in [0.5, 0.6) is 0 Å². The Labute approximate surface area is 192 Å². The first kappa shape index (κ1) is 22.0. The van der Waals surface area contributed by atoms with Gasteiger partial charge in [0.15, 0.2) is 0 Å². The maximum absolute atomic E-state index is 11.3. The Morgan fingerprint density at radius 2 is 0.879 bits per heavy atom. The molecule has 33 heavy (non-hydrogen) atoms. The topological polar surface area (TPSA) is 74.6 Å². The van der Waals surface area contributed by atoms with Gasteiger partial charge in [0, 0.05) is 5.41 Å². The Hall–Kier alpha value is -4.18. The first-order valence-electron chi connectivity index (χ1n) is 10.7. The number of hydrogen-bond donors (Lipinski definition) is 2. The normalized spacial score (nSPS) is 11.2. The quantitative estimate of drug-likeness (QED) is 0.351. The highest BCUT2D eigenvalue weighted by Gasteiger charge is 2.28. The molecule has 2 N–H and O–H groups in total. The molecule has 0 fully saturated rings. The third-order valence-electron chi connectivity index (χ3n) is 6.09. The van der Waals surface area contributed by atoms with E-state index in [1.807, 2.05) is 48.5 Å². The predicted molar refractivity (Wildman–Crippen MR) is 130 cm³/mol. The lowest BCUT2D eigenvalue weighted by molar-refractivity contribution is 0.0686. The first-order chi connectivity index (χ1) is 15.8. The minimum Gasteiger partial charge on any atom is -0.478 e. The van der Waals surface area contributed by atoms with Crippen LogP contribution in [0.2, 0.25) is 0 Å². The molecule has 0 bridgehead atoms. The molecule has 0 aliphatic rings. The molecule has 0 amide bonds. The fourth-order valence-corrected chi connectivity index (χ4v) is 4.29. The smallest absolute Gasteiger partial charge is 0.335 e. The van der Waals surface area contributed by atoms with E-state index in [2.05, 4.69) is 38.1 Å². The molecule has 0 aromatic heterocycles. The average molecular weight is 437 g/mol. The second-order valence-electron chi connectivity index (χ2n) is 8.48. The first-order valence-corrected chi connectivity index (χ1v) is 10.7. The van der Waals surface area contributed by atoms with Crippen LogP contribution in [-0.2, 0) is 5.41 Å². The number of hydrogen-bond acceptors (Lipinski definition) is 2. The molecule has 0 atom stereocenters. The fourth-order valence-electron chi connectivity index (χ4n) is 4.29. The van der Waals surface area contributed by atoms with E-state index in [0.29, 0.717) is 0 Å². The van der Waals surface area contributed by atoms with Crippen molar-refractivity contribution < 1.29 is 19.8 Å². The molecule has 164 valence electrons. The van der Waals surface area contributed by atoms with Crippen molar-refractivity contribution >= 4 is 11.9 Å². The third kappa shape index (κ3) is 4.28.